The van der Waals surface area contributed by atoms with Crippen LogP contribution in [0.25, 0.3) is 21.9 Å². The summed E-state index contributed by atoms with van der Waals surface area (Å²) in [5, 5.41) is 13.3. The van der Waals surface area contributed by atoms with Gasteiger partial charge in [-0.25, -0.2) is 23.7 Å². The first-order chi connectivity index (χ1) is 16.9. The van der Waals surface area contributed by atoms with Gasteiger partial charge in [0.05, 0.1) is 29.4 Å². The molecule has 5 aromatic heterocycles. The Balaban J connectivity index is 1.57. The number of carbonyl (C=O) groups is 1. The molecule has 0 spiro atoms. The molecule has 0 atom stereocenters. The molecule has 0 saturated heterocycles. The highest BCUT2D eigenvalue weighted by Crippen LogP contribution is 2.31. The highest BCUT2D eigenvalue weighted by Gasteiger charge is 2.23. The zero-order chi connectivity index (χ0) is 24.5. The number of fused-ring (bicyclic) bond motifs is 1. The maximum Gasteiger partial charge on any atom is 0.316 e. The molecule has 0 aromatic carbocycles. The van der Waals surface area contributed by atoms with Gasteiger partial charge in [-0.2, -0.15) is 4.68 Å². The van der Waals surface area contributed by atoms with E-state index in [0.717, 1.165) is 14.4 Å². The van der Waals surface area contributed by atoms with Crippen molar-refractivity contribution < 1.29 is 18.3 Å². The maximum atomic E-state index is 13.6. The first-order valence-electron chi connectivity index (χ1n) is 10.2. The van der Waals surface area contributed by atoms with Gasteiger partial charge in [0, 0.05) is 35.6 Å². The first kappa shape index (κ1) is 22.5. The Labute approximate surface area is 200 Å². The van der Waals surface area contributed by atoms with Gasteiger partial charge in [0.15, 0.2) is 5.65 Å². The fourth-order valence-electron chi connectivity index (χ4n) is 3.43. The number of methoxy groups -OCH3 is 1. The van der Waals surface area contributed by atoms with E-state index >= 15 is 0 Å². The van der Waals surface area contributed by atoms with Crippen LogP contribution in [0.4, 0.5) is 8.78 Å². The van der Waals surface area contributed by atoms with Crippen molar-refractivity contribution in [2.75, 3.05) is 7.11 Å². The number of imidazole rings is 1. The van der Waals surface area contributed by atoms with E-state index in [9.17, 15) is 13.6 Å². The van der Waals surface area contributed by atoms with Crippen molar-refractivity contribution in [1.82, 2.24) is 44.9 Å². The Morgan fingerprint density at radius 3 is 2.69 bits per heavy atom. The van der Waals surface area contributed by atoms with Crippen molar-refractivity contribution in [3.8, 4) is 22.3 Å². The predicted molar refractivity (Wildman–Crippen MR) is 121 cm³/mol. The molecule has 178 valence electrons. The normalized spacial score (nSPS) is 11.3. The van der Waals surface area contributed by atoms with E-state index in [1.807, 2.05) is 19.1 Å². The standard InChI is InChI=1S/C21H17F2N9O2S/c1-11-3-4-16(35-11)15-9-24-18-14(32-19(17(22)23)28-29-30-32)5-13(10-31(15)18)20(33)25-6-12-7-26-21(34-2)27-8-12/h3-5,7-10,17H,6H2,1-2H3,(H,25,33). The quantitative estimate of drug-likeness (QED) is 0.364. The minimum absolute atomic E-state index is 0.143. The van der Waals surface area contributed by atoms with Crippen LogP contribution in [0.3, 0.4) is 0 Å². The second-order valence-electron chi connectivity index (χ2n) is 7.37. The molecule has 0 aliphatic heterocycles. The van der Waals surface area contributed by atoms with E-state index in [1.54, 1.807) is 28.1 Å². The number of halogens is 2. The zero-order valence-corrected chi connectivity index (χ0v) is 19.2. The Hall–Kier alpha value is -4.33. The van der Waals surface area contributed by atoms with Crippen LogP contribution in [0.5, 0.6) is 6.01 Å². The number of aromatic nitrogens is 8. The summed E-state index contributed by atoms with van der Waals surface area (Å²) in [6, 6.07) is 5.53. The van der Waals surface area contributed by atoms with E-state index in [1.165, 1.54) is 25.6 Å². The summed E-state index contributed by atoms with van der Waals surface area (Å²) in [4.78, 5) is 27.5. The summed E-state index contributed by atoms with van der Waals surface area (Å²) < 4.78 is 34.6. The van der Waals surface area contributed by atoms with Gasteiger partial charge in [-0.05, 0) is 35.5 Å². The van der Waals surface area contributed by atoms with E-state index < -0.39 is 18.2 Å². The number of carbonyl (C=O) groups excluding carboxylic acids is 1. The number of hydrogen-bond acceptors (Lipinski definition) is 9. The lowest BCUT2D eigenvalue weighted by Crippen LogP contribution is -2.24. The van der Waals surface area contributed by atoms with Crippen molar-refractivity contribution in [2.45, 2.75) is 19.9 Å². The molecular formula is C21H17F2N9O2S. The van der Waals surface area contributed by atoms with Gasteiger partial charge in [0.1, 0.15) is 5.69 Å². The molecule has 0 unspecified atom stereocenters. The largest absolute Gasteiger partial charge is 0.467 e. The van der Waals surface area contributed by atoms with Crippen molar-refractivity contribution in [2.24, 2.45) is 0 Å². The fraction of sp³-hybridized carbons (Fsp3) is 0.190. The molecule has 0 bridgehead atoms. The second kappa shape index (κ2) is 9.13. The summed E-state index contributed by atoms with van der Waals surface area (Å²) in [7, 11) is 1.45. The molecule has 0 aliphatic rings. The van der Waals surface area contributed by atoms with E-state index in [-0.39, 0.29) is 23.8 Å². The molecule has 5 heterocycles. The van der Waals surface area contributed by atoms with E-state index in [0.29, 0.717) is 16.9 Å². The number of hydrogen-bond donors (Lipinski definition) is 1. The van der Waals surface area contributed by atoms with Crippen LogP contribution in [0.1, 0.15) is 33.0 Å². The minimum Gasteiger partial charge on any atom is -0.467 e. The molecule has 0 saturated carbocycles. The van der Waals surface area contributed by atoms with Crippen LogP contribution in [-0.2, 0) is 6.54 Å². The van der Waals surface area contributed by atoms with Gasteiger partial charge in [-0.3, -0.25) is 9.20 Å². The number of nitrogens with zero attached hydrogens (tertiary/aromatic N) is 8. The number of thiophene rings is 1. The Morgan fingerprint density at radius 1 is 1.20 bits per heavy atom. The van der Waals surface area contributed by atoms with Crippen LogP contribution in [0.15, 0.2) is 43.0 Å². The molecule has 14 heteroatoms. The number of alkyl halides is 2. The third kappa shape index (κ3) is 4.30. The molecule has 11 nitrogen and oxygen atoms in total. The van der Waals surface area contributed by atoms with Crippen LogP contribution < -0.4 is 10.1 Å². The maximum absolute atomic E-state index is 13.6. The monoisotopic (exact) mass is 497 g/mol. The van der Waals surface area contributed by atoms with Crippen molar-refractivity contribution in [1.29, 1.82) is 0 Å². The summed E-state index contributed by atoms with van der Waals surface area (Å²) in [5.41, 5.74) is 2.01. The summed E-state index contributed by atoms with van der Waals surface area (Å²) in [6.45, 7) is 2.12. The molecule has 1 amide bonds. The topological polar surface area (TPSA) is 125 Å². The Kier molecular flexibility index (Phi) is 5.86. The predicted octanol–water partition coefficient (Wildman–Crippen LogP) is 3.01. The van der Waals surface area contributed by atoms with Crippen LogP contribution in [0, 0.1) is 6.92 Å². The number of aryl methyl sites for hydroxylation is 1. The molecule has 0 aliphatic carbocycles. The Bertz CT molecular complexity index is 1510. The lowest BCUT2D eigenvalue weighted by Gasteiger charge is -2.11. The third-order valence-electron chi connectivity index (χ3n) is 5.08. The van der Waals surface area contributed by atoms with Gasteiger partial charge in [-0.1, -0.05) is 0 Å². The highest BCUT2D eigenvalue weighted by molar-refractivity contribution is 7.15. The molecule has 0 radical (unpaired) electrons. The number of amides is 1. The molecule has 5 aromatic rings. The zero-order valence-electron chi connectivity index (χ0n) is 18.4. The number of ether oxygens (including phenoxy) is 1. The van der Waals surface area contributed by atoms with E-state index in [4.69, 9.17) is 4.74 Å². The van der Waals surface area contributed by atoms with E-state index in [2.05, 4.69) is 35.8 Å². The van der Waals surface area contributed by atoms with Gasteiger partial charge >= 0.3 is 6.01 Å². The molecule has 0 fully saturated rings. The molecule has 1 N–H and O–H groups in total. The fourth-order valence-corrected chi connectivity index (χ4v) is 4.30. The average molecular weight is 497 g/mol. The summed E-state index contributed by atoms with van der Waals surface area (Å²) in [6.07, 6.45) is 3.36. The summed E-state index contributed by atoms with van der Waals surface area (Å²) >= 11 is 1.54. The number of pyridine rings is 1. The molecule has 5 rings (SSSR count). The Morgan fingerprint density at radius 2 is 2.00 bits per heavy atom. The lowest BCUT2D eigenvalue weighted by atomic mass is 10.2. The van der Waals surface area contributed by atoms with Crippen molar-refractivity contribution in [3.63, 3.8) is 0 Å². The van der Waals surface area contributed by atoms with Gasteiger partial charge in [-0.15, -0.1) is 16.4 Å². The summed E-state index contributed by atoms with van der Waals surface area (Å²) in [5.74, 6) is -1.10. The minimum atomic E-state index is -2.92. The third-order valence-corrected chi connectivity index (χ3v) is 6.10. The van der Waals surface area contributed by atoms with Crippen LogP contribution >= 0.6 is 11.3 Å². The van der Waals surface area contributed by atoms with Gasteiger partial charge in [0.2, 0.25) is 5.82 Å². The van der Waals surface area contributed by atoms with Crippen molar-refractivity contribution >= 4 is 22.9 Å². The number of rotatable bonds is 7. The van der Waals surface area contributed by atoms with Crippen LogP contribution in [-0.4, -0.2) is 52.6 Å². The SMILES string of the molecule is COc1ncc(CNC(=O)c2cc(-n3nnnc3C(F)F)c3ncc(-c4ccc(C)s4)n3c2)cn1. The number of tetrazole rings is 1. The smallest absolute Gasteiger partial charge is 0.316 e. The van der Waals surface area contributed by atoms with Gasteiger partial charge in [0.25, 0.3) is 12.3 Å². The lowest BCUT2D eigenvalue weighted by molar-refractivity contribution is 0.0950. The van der Waals surface area contributed by atoms with Gasteiger partial charge < -0.3 is 10.1 Å². The molecular weight excluding hydrogens is 480 g/mol. The average Bonchev–Trinajstić information content (AvgIpc) is 3.61. The first-order valence-corrected chi connectivity index (χ1v) is 11.0. The van der Waals surface area contributed by atoms with Crippen LogP contribution in [0.2, 0.25) is 0 Å². The van der Waals surface area contributed by atoms with Crippen molar-refractivity contribution in [3.05, 3.63) is 64.8 Å². The number of nitrogens with one attached hydrogen (secondary N) is 1. The molecule has 35 heavy (non-hydrogen) atoms. The second-order valence-corrected chi connectivity index (χ2v) is 8.66. The highest BCUT2D eigenvalue weighted by atomic mass is 32.1.